The van der Waals surface area contributed by atoms with Crippen LogP contribution in [0.1, 0.15) is 55.1 Å². The average molecular weight is 474 g/mol. The Labute approximate surface area is 194 Å². The summed E-state index contributed by atoms with van der Waals surface area (Å²) in [5.41, 5.74) is 3.80. The van der Waals surface area contributed by atoms with Crippen LogP contribution in [0.3, 0.4) is 0 Å². The summed E-state index contributed by atoms with van der Waals surface area (Å²) >= 11 is 1.49. The maximum absolute atomic E-state index is 12.9. The van der Waals surface area contributed by atoms with Crippen LogP contribution < -0.4 is 4.80 Å². The van der Waals surface area contributed by atoms with Gasteiger partial charge in [-0.25, -0.2) is 8.42 Å². The molecule has 1 aromatic heterocycles. The molecule has 172 valence electrons. The van der Waals surface area contributed by atoms with Crippen molar-refractivity contribution in [3.05, 3.63) is 57.9 Å². The number of carbonyl (C=O) groups excluding carboxylic acids is 1. The molecule has 3 aromatic rings. The number of amides is 1. The molecule has 0 spiro atoms. The van der Waals surface area contributed by atoms with Gasteiger partial charge in [0.15, 0.2) is 4.80 Å². The van der Waals surface area contributed by atoms with Crippen molar-refractivity contribution in [1.82, 2.24) is 8.87 Å². The molecule has 8 heteroatoms. The highest BCUT2D eigenvalue weighted by atomic mass is 32.2. The van der Waals surface area contributed by atoms with E-state index < -0.39 is 10.0 Å². The highest BCUT2D eigenvalue weighted by Crippen LogP contribution is 2.23. The van der Waals surface area contributed by atoms with Crippen molar-refractivity contribution in [1.29, 1.82) is 0 Å². The van der Waals surface area contributed by atoms with Gasteiger partial charge in [0.1, 0.15) is 0 Å². The zero-order chi connectivity index (χ0) is 23.5. The van der Waals surface area contributed by atoms with Gasteiger partial charge in [-0.15, -0.1) is 0 Å². The second kappa shape index (κ2) is 10.1. The molecule has 0 fully saturated rings. The van der Waals surface area contributed by atoms with Gasteiger partial charge in [-0.3, -0.25) is 4.79 Å². The second-order valence-electron chi connectivity index (χ2n) is 7.90. The normalized spacial score (nSPS) is 12.8. The maximum Gasteiger partial charge on any atom is 0.279 e. The Morgan fingerprint density at radius 1 is 1.03 bits per heavy atom. The number of aryl methyl sites for hydroxylation is 3. The molecular formula is C24H31N3O3S2. The maximum atomic E-state index is 12.9. The van der Waals surface area contributed by atoms with Crippen LogP contribution in [0.2, 0.25) is 0 Å². The highest BCUT2D eigenvalue weighted by Gasteiger charge is 2.23. The molecular weight excluding hydrogens is 442 g/mol. The third kappa shape index (κ3) is 4.87. The number of nitrogens with zero attached hydrogens (tertiary/aromatic N) is 3. The van der Waals surface area contributed by atoms with E-state index in [1.54, 1.807) is 12.1 Å². The van der Waals surface area contributed by atoms with E-state index in [1.807, 2.05) is 20.8 Å². The Morgan fingerprint density at radius 2 is 1.66 bits per heavy atom. The molecule has 2 aromatic carbocycles. The van der Waals surface area contributed by atoms with Crippen LogP contribution in [-0.4, -0.2) is 36.3 Å². The lowest BCUT2D eigenvalue weighted by molar-refractivity contribution is 0.0997. The van der Waals surface area contributed by atoms with Crippen molar-refractivity contribution < 1.29 is 13.2 Å². The zero-order valence-electron chi connectivity index (χ0n) is 19.4. The van der Waals surface area contributed by atoms with Gasteiger partial charge >= 0.3 is 0 Å². The van der Waals surface area contributed by atoms with Gasteiger partial charge in [0.05, 0.1) is 15.1 Å². The largest absolute Gasteiger partial charge is 0.316 e. The smallest absolute Gasteiger partial charge is 0.279 e. The third-order valence-electron chi connectivity index (χ3n) is 5.31. The van der Waals surface area contributed by atoms with Crippen molar-refractivity contribution >= 4 is 37.5 Å². The summed E-state index contributed by atoms with van der Waals surface area (Å²) in [6, 6.07) is 10.3. The lowest BCUT2D eigenvalue weighted by atomic mass is 10.1. The summed E-state index contributed by atoms with van der Waals surface area (Å²) in [5.74, 6) is -0.379. The summed E-state index contributed by atoms with van der Waals surface area (Å²) in [5, 5.41) is 0. The van der Waals surface area contributed by atoms with E-state index in [1.165, 1.54) is 33.3 Å². The lowest BCUT2D eigenvalue weighted by Gasteiger charge is -2.21. The van der Waals surface area contributed by atoms with Crippen LogP contribution in [0, 0.1) is 13.8 Å². The van der Waals surface area contributed by atoms with Gasteiger partial charge in [-0.2, -0.15) is 9.30 Å². The summed E-state index contributed by atoms with van der Waals surface area (Å²) in [6.07, 6.45) is 1.50. The van der Waals surface area contributed by atoms with Crippen LogP contribution in [0.4, 0.5) is 0 Å². The number of fused-ring (bicyclic) bond motifs is 1. The molecule has 0 N–H and O–H groups in total. The number of hydrogen-bond donors (Lipinski definition) is 0. The van der Waals surface area contributed by atoms with Crippen molar-refractivity contribution in [3.63, 3.8) is 0 Å². The lowest BCUT2D eigenvalue weighted by Crippen LogP contribution is -2.32. The Bertz CT molecular complexity index is 1280. The highest BCUT2D eigenvalue weighted by molar-refractivity contribution is 7.89. The van der Waals surface area contributed by atoms with Crippen LogP contribution in [-0.2, 0) is 16.6 Å². The van der Waals surface area contributed by atoms with Crippen LogP contribution in [0.15, 0.2) is 46.3 Å². The molecule has 1 amide bonds. The first-order valence-corrected chi connectivity index (χ1v) is 13.3. The molecule has 0 saturated carbocycles. The molecule has 32 heavy (non-hydrogen) atoms. The Hall–Kier alpha value is -2.29. The van der Waals surface area contributed by atoms with E-state index in [9.17, 15) is 13.2 Å². The average Bonchev–Trinajstić information content (AvgIpc) is 3.10. The van der Waals surface area contributed by atoms with Crippen LogP contribution in [0.25, 0.3) is 10.2 Å². The molecule has 6 nitrogen and oxygen atoms in total. The molecule has 0 aliphatic rings. The Kier molecular flexibility index (Phi) is 7.69. The first kappa shape index (κ1) is 24.4. The number of benzene rings is 2. The topological polar surface area (TPSA) is 71.7 Å². The fourth-order valence-electron chi connectivity index (χ4n) is 3.89. The van der Waals surface area contributed by atoms with E-state index in [-0.39, 0.29) is 10.8 Å². The number of thiazole rings is 1. The zero-order valence-corrected chi connectivity index (χ0v) is 21.0. The number of hydrogen-bond acceptors (Lipinski definition) is 4. The Balaban J connectivity index is 1.96. The minimum Gasteiger partial charge on any atom is -0.316 e. The number of carbonyl (C=O) groups is 1. The van der Waals surface area contributed by atoms with E-state index in [2.05, 4.69) is 35.5 Å². The number of rotatable bonds is 8. The molecule has 0 aliphatic heterocycles. The molecule has 0 bridgehead atoms. The van der Waals surface area contributed by atoms with Crippen molar-refractivity contribution in [3.8, 4) is 0 Å². The molecule has 0 radical (unpaired) electrons. The molecule has 0 aliphatic carbocycles. The van der Waals surface area contributed by atoms with Crippen LogP contribution in [0.5, 0.6) is 0 Å². The van der Waals surface area contributed by atoms with Crippen molar-refractivity contribution in [2.45, 2.75) is 58.9 Å². The standard InChI is InChI=1S/C24H31N3O3S2/c1-6-13-26(14-7-2)32(29,30)20-11-9-19(10-12-20)23(28)25-24-27(8-3)22-18(5)15-17(4)16-21(22)31-24/h9-12,15-16H,6-8,13-14H2,1-5H3. The first-order valence-electron chi connectivity index (χ1n) is 11.0. The van der Waals surface area contributed by atoms with Gasteiger partial charge < -0.3 is 4.57 Å². The summed E-state index contributed by atoms with van der Waals surface area (Å²) in [7, 11) is -3.57. The Morgan fingerprint density at radius 3 is 2.22 bits per heavy atom. The predicted molar refractivity (Wildman–Crippen MR) is 131 cm³/mol. The third-order valence-corrected chi connectivity index (χ3v) is 8.25. The first-order chi connectivity index (χ1) is 15.2. The van der Waals surface area contributed by atoms with Gasteiger partial charge in [0.2, 0.25) is 10.0 Å². The van der Waals surface area contributed by atoms with Crippen molar-refractivity contribution in [2.75, 3.05) is 13.1 Å². The summed E-state index contributed by atoms with van der Waals surface area (Å²) in [6.45, 7) is 11.7. The number of sulfonamides is 1. The quantitative estimate of drug-likeness (QED) is 0.468. The fraction of sp³-hybridized carbons (Fsp3) is 0.417. The molecule has 0 unspecified atom stereocenters. The van der Waals surface area contributed by atoms with Crippen LogP contribution >= 0.6 is 11.3 Å². The summed E-state index contributed by atoms with van der Waals surface area (Å²) in [4.78, 5) is 18.1. The SMILES string of the molecule is CCCN(CCC)S(=O)(=O)c1ccc(C(=O)N=c2sc3cc(C)cc(C)c3n2CC)cc1. The van der Waals surface area contributed by atoms with Crippen molar-refractivity contribution in [2.24, 2.45) is 4.99 Å². The minimum atomic E-state index is -3.57. The van der Waals surface area contributed by atoms with Gasteiger partial charge in [-0.1, -0.05) is 31.3 Å². The van der Waals surface area contributed by atoms with E-state index in [0.29, 0.717) is 30.0 Å². The van der Waals surface area contributed by atoms with Gasteiger partial charge in [-0.05, 0) is 75.1 Å². The monoisotopic (exact) mass is 473 g/mol. The molecule has 3 rings (SSSR count). The molecule has 0 atom stereocenters. The van der Waals surface area contributed by atoms with E-state index in [0.717, 1.165) is 28.6 Å². The predicted octanol–water partition coefficient (Wildman–Crippen LogP) is 4.89. The van der Waals surface area contributed by atoms with E-state index in [4.69, 9.17) is 0 Å². The fourth-order valence-corrected chi connectivity index (χ4v) is 6.78. The second-order valence-corrected chi connectivity index (χ2v) is 10.8. The van der Waals surface area contributed by atoms with E-state index >= 15 is 0 Å². The summed E-state index contributed by atoms with van der Waals surface area (Å²) < 4.78 is 30.5. The number of aromatic nitrogens is 1. The molecule has 1 heterocycles. The van der Waals surface area contributed by atoms with Gasteiger partial charge in [0, 0.05) is 25.2 Å². The molecule has 0 saturated heterocycles. The minimum absolute atomic E-state index is 0.201. The van der Waals surface area contributed by atoms with Gasteiger partial charge in [0.25, 0.3) is 5.91 Å².